The lowest BCUT2D eigenvalue weighted by molar-refractivity contribution is 0.600. The number of benzene rings is 2. The third-order valence-electron chi connectivity index (χ3n) is 3.10. The molecule has 0 saturated carbocycles. The zero-order chi connectivity index (χ0) is 16.5. The molecule has 0 radical (unpaired) electrons. The molecule has 3 nitrogen and oxygen atoms in total. The van der Waals surface area contributed by atoms with Crippen molar-refractivity contribution in [1.29, 1.82) is 0 Å². The number of hydrogen-bond donors (Lipinski definition) is 1. The summed E-state index contributed by atoms with van der Waals surface area (Å²) in [4.78, 5) is 0.0360. The van der Waals surface area contributed by atoms with Gasteiger partial charge in [-0.3, -0.25) is 0 Å². The van der Waals surface area contributed by atoms with Gasteiger partial charge in [0.25, 0.3) is 0 Å². The second-order valence-electron chi connectivity index (χ2n) is 4.98. The van der Waals surface area contributed by atoms with E-state index < -0.39 is 15.7 Å². The van der Waals surface area contributed by atoms with Crippen molar-refractivity contribution in [3.63, 3.8) is 0 Å². The number of sulfone groups is 1. The van der Waals surface area contributed by atoms with Crippen LogP contribution in [0.3, 0.4) is 0 Å². The standard InChI is InChI=1S/C15H14Cl2FNO2S/c1-9(10-5-11(16)7-12(17)6-10)19-14-8-13(18)3-4-15(14)22(2,20)21/h3-9,19H,1-2H3. The molecule has 1 atom stereocenters. The number of rotatable bonds is 4. The molecular weight excluding hydrogens is 348 g/mol. The molecule has 0 aliphatic heterocycles. The number of halogens is 3. The molecule has 22 heavy (non-hydrogen) atoms. The third kappa shape index (κ3) is 4.12. The van der Waals surface area contributed by atoms with Gasteiger partial charge in [0.15, 0.2) is 9.84 Å². The van der Waals surface area contributed by atoms with Gasteiger partial charge in [0.2, 0.25) is 0 Å². The summed E-state index contributed by atoms with van der Waals surface area (Å²) >= 11 is 11.9. The number of anilines is 1. The van der Waals surface area contributed by atoms with Crippen molar-refractivity contribution in [2.75, 3.05) is 11.6 Å². The monoisotopic (exact) mass is 361 g/mol. The lowest BCUT2D eigenvalue weighted by Crippen LogP contribution is -2.11. The van der Waals surface area contributed by atoms with E-state index in [2.05, 4.69) is 5.32 Å². The van der Waals surface area contributed by atoms with Crippen LogP contribution < -0.4 is 5.32 Å². The minimum atomic E-state index is -3.48. The molecule has 7 heteroatoms. The molecule has 0 aromatic heterocycles. The lowest BCUT2D eigenvalue weighted by Gasteiger charge is -2.18. The summed E-state index contributed by atoms with van der Waals surface area (Å²) in [6, 6.07) is 8.23. The van der Waals surface area contributed by atoms with E-state index >= 15 is 0 Å². The molecule has 0 aliphatic rings. The van der Waals surface area contributed by atoms with Gasteiger partial charge in [0.05, 0.1) is 10.6 Å². The van der Waals surface area contributed by atoms with Gasteiger partial charge in [-0.1, -0.05) is 23.2 Å². The highest BCUT2D eigenvalue weighted by atomic mass is 35.5. The predicted molar refractivity (Wildman–Crippen MR) is 88.0 cm³/mol. The molecule has 1 N–H and O–H groups in total. The average molecular weight is 362 g/mol. The molecular formula is C15H14Cl2FNO2S. The molecule has 0 saturated heterocycles. The van der Waals surface area contributed by atoms with Crippen LogP contribution in [0.25, 0.3) is 0 Å². The van der Waals surface area contributed by atoms with Gasteiger partial charge in [-0.05, 0) is 48.9 Å². The maximum Gasteiger partial charge on any atom is 0.177 e. The van der Waals surface area contributed by atoms with E-state index in [4.69, 9.17) is 23.2 Å². The van der Waals surface area contributed by atoms with Gasteiger partial charge in [-0.25, -0.2) is 12.8 Å². The number of nitrogens with one attached hydrogen (secondary N) is 1. The van der Waals surface area contributed by atoms with Crippen molar-refractivity contribution in [2.24, 2.45) is 0 Å². The second kappa shape index (κ2) is 6.44. The molecule has 0 amide bonds. The van der Waals surface area contributed by atoms with E-state index in [1.54, 1.807) is 25.1 Å². The van der Waals surface area contributed by atoms with Gasteiger partial charge in [0, 0.05) is 22.3 Å². The minimum absolute atomic E-state index is 0.0360. The predicted octanol–water partition coefficient (Wildman–Crippen LogP) is 4.71. The Morgan fingerprint density at radius 3 is 2.23 bits per heavy atom. The van der Waals surface area contributed by atoms with E-state index in [0.29, 0.717) is 10.0 Å². The molecule has 2 aromatic carbocycles. The summed E-state index contributed by atoms with van der Waals surface area (Å²) in [5.41, 5.74) is 0.965. The summed E-state index contributed by atoms with van der Waals surface area (Å²) < 4.78 is 37.0. The molecule has 118 valence electrons. The maximum absolute atomic E-state index is 13.4. The largest absolute Gasteiger partial charge is 0.377 e. The Balaban J connectivity index is 2.39. The molecule has 0 fully saturated rings. The smallest absolute Gasteiger partial charge is 0.177 e. The van der Waals surface area contributed by atoms with Gasteiger partial charge >= 0.3 is 0 Å². The zero-order valence-electron chi connectivity index (χ0n) is 11.9. The van der Waals surface area contributed by atoms with Crippen molar-refractivity contribution in [1.82, 2.24) is 0 Å². The first-order valence-electron chi connectivity index (χ1n) is 6.39. The summed E-state index contributed by atoms with van der Waals surface area (Å²) in [5, 5.41) is 3.93. The maximum atomic E-state index is 13.4. The average Bonchev–Trinajstić information content (AvgIpc) is 2.35. The fourth-order valence-electron chi connectivity index (χ4n) is 2.08. The highest BCUT2D eigenvalue weighted by Crippen LogP contribution is 2.29. The van der Waals surface area contributed by atoms with E-state index in [-0.39, 0.29) is 16.6 Å². The second-order valence-corrected chi connectivity index (χ2v) is 7.84. The summed E-state index contributed by atoms with van der Waals surface area (Å²) in [5.74, 6) is -0.522. The topological polar surface area (TPSA) is 46.2 Å². The first-order chi connectivity index (χ1) is 10.2. The molecule has 0 aliphatic carbocycles. The van der Waals surface area contributed by atoms with Gasteiger partial charge in [-0.15, -0.1) is 0 Å². The van der Waals surface area contributed by atoms with Crippen molar-refractivity contribution in [3.05, 3.63) is 57.8 Å². The Bertz CT molecular complexity index is 789. The van der Waals surface area contributed by atoms with Crippen molar-refractivity contribution in [2.45, 2.75) is 17.9 Å². The van der Waals surface area contributed by atoms with E-state index in [9.17, 15) is 12.8 Å². The van der Waals surface area contributed by atoms with Crippen LogP contribution in [0.1, 0.15) is 18.5 Å². The molecule has 0 heterocycles. The Morgan fingerprint density at radius 2 is 1.68 bits per heavy atom. The zero-order valence-corrected chi connectivity index (χ0v) is 14.2. The summed E-state index contributed by atoms with van der Waals surface area (Å²) in [6.45, 7) is 1.80. The van der Waals surface area contributed by atoms with Crippen LogP contribution in [0.4, 0.5) is 10.1 Å². The van der Waals surface area contributed by atoms with Crippen LogP contribution in [0, 0.1) is 5.82 Å². The van der Waals surface area contributed by atoms with Crippen molar-refractivity contribution >= 4 is 38.7 Å². The van der Waals surface area contributed by atoms with Crippen LogP contribution in [0.15, 0.2) is 41.3 Å². The normalized spacial score (nSPS) is 13.0. The van der Waals surface area contributed by atoms with Crippen LogP contribution >= 0.6 is 23.2 Å². The van der Waals surface area contributed by atoms with Crippen LogP contribution in [-0.2, 0) is 9.84 Å². The van der Waals surface area contributed by atoms with Crippen LogP contribution in [-0.4, -0.2) is 14.7 Å². The van der Waals surface area contributed by atoms with Gasteiger partial charge in [0.1, 0.15) is 5.82 Å². The van der Waals surface area contributed by atoms with Crippen LogP contribution in [0.5, 0.6) is 0 Å². The molecule has 2 rings (SSSR count). The van der Waals surface area contributed by atoms with Crippen molar-refractivity contribution in [3.8, 4) is 0 Å². The minimum Gasteiger partial charge on any atom is -0.377 e. The third-order valence-corrected chi connectivity index (χ3v) is 4.69. The Kier molecular flexibility index (Phi) is 5.00. The molecule has 1 unspecified atom stereocenters. The molecule has 0 bridgehead atoms. The van der Waals surface area contributed by atoms with Gasteiger partial charge in [-0.2, -0.15) is 0 Å². The first-order valence-corrected chi connectivity index (χ1v) is 9.03. The van der Waals surface area contributed by atoms with E-state index in [1.807, 2.05) is 0 Å². The number of hydrogen-bond acceptors (Lipinski definition) is 3. The van der Waals surface area contributed by atoms with Gasteiger partial charge < -0.3 is 5.32 Å². The Labute approximate surface area is 139 Å². The highest BCUT2D eigenvalue weighted by Gasteiger charge is 2.16. The fourth-order valence-corrected chi connectivity index (χ4v) is 3.46. The SMILES string of the molecule is CC(Nc1cc(F)ccc1S(C)(=O)=O)c1cc(Cl)cc(Cl)c1. The van der Waals surface area contributed by atoms with Crippen LogP contribution in [0.2, 0.25) is 10.0 Å². The summed E-state index contributed by atoms with van der Waals surface area (Å²) in [7, 11) is -3.48. The summed E-state index contributed by atoms with van der Waals surface area (Å²) in [6.07, 6.45) is 1.08. The Hall–Kier alpha value is -1.30. The highest BCUT2D eigenvalue weighted by molar-refractivity contribution is 7.90. The quantitative estimate of drug-likeness (QED) is 0.802. The lowest BCUT2D eigenvalue weighted by atomic mass is 10.1. The van der Waals surface area contributed by atoms with E-state index in [0.717, 1.165) is 24.0 Å². The molecule has 0 spiro atoms. The first kappa shape index (κ1) is 17.1. The van der Waals surface area contributed by atoms with E-state index in [1.165, 1.54) is 6.07 Å². The Morgan fingerprint density at radius 1 is 1.09 bits per heavy atom. The fraction of sp³-hybridized carbons (Fsp3) is 0.200. The molecule has 2 aromatic rings. The van der Waals surface area contributed by atoms with Crippen molar-refractivity contribution < 1.29 is 12.8 Å².